The molecule has 0 spiro atoms. The Bertz CT molecular complexity index is 717. The van der Waals surface area contributed by atoms with E-state index in [1.807, 2.05) is 13.8 Å². The summed E-state index contributed by atoms with van der Waals surface area (Å²) in [5.41, 5.74) is 1.12. The number of amides is 3. The molecule has 1 saturated heterocycles. The van der Waals surface area contributed by atoms with E-state index in [1.54, 1.807) is 29.2 Å². The summed E-state index contributed by atoms with van der Waals surface area (Å²) >= 11 is 0. The molecular formula is C20H27N3O5. The van der Waals surface area contributed by atoms with Crippen molar-refractivity contribution in [1.29, 1.82) is 0 Å². The van der Waals surface area contributed by atoms with E-state index in [-0.39, 0.29) is 31.0 Å². The van der Waals surface area contributed by atoms with Crippen LogP contribution >= 0.6 is 0 Å². The van der Waals surface area contributed by atoms with Gasteiger partial charge in [-0.25, -0.2) is 0 Å². The number of benzene rings is 1. The normalized spacial score (nSPS) is 14.5. The van der Waals surface area contributed by atoms with Gasteiger partial charge in [0.25, 0.3) is 11.8 Å². The highest BCUT2D eigenvalue weighted by Crippen LogP contribution is 2.21. The first kappa shape index (κ1) is 21.4. The summed E-state index contributed by atoms with van der Waals surface area (Å²) in [6.45, 7) is 3.88. The number of anilines is 1. The average Bonchev–Trinajstić information content (AvgIpc) is 3.10. The van der Waals surface area contributed by atoms with Crippen molar-refractivity contribution in [1.82, 2.24) is 10.6 Å². The van der Waals surface area contributed by atoms with Crippen LogP contribution in [0, 0.1) is 0 Å². The quantitative estimate of drug-likeness (QED) is 0.621. The molecule has 0 bridgehead atoms. The third kappa shape index (κ3) is 6.37. The molecule has 1 fully saturated rings. The van der Waals surface area contributed by atoms with E-state index < -0.39 is 11.9 Å². The highest BCUT2D eigenvalue weighted by atomic mass is 16.5. The lowest BCUT2D eigenvalue weighted by Crippen LogP contribution is -2.37. The zero-order valence-corrected chi connectivity index (χ0v) is 16.3. The van der Waals surface area contributed by atoms with E-state index in [0.29, 0.717) is 18.5 Å². The lowest BCUT2D eigenvalue weighted by atomic mass is 10.2. The van der Waals surface area contributed by atoms with Crippen molar-refractivity contribution in [3.05, 3.63) is 29.8 Å². The molecule has 0 saturated carbocycles. The van der Waals surface area contributed by atoms with Gasteiger partial charge >= 0.3 is 5.97 Å². The topological polar surface area (TPSA) is 105 Å². The first-order chi connectivity index (χ1) is 13.4. The summed E-state index contributed by atoms with van der Waals surface area (Å²) in [5, 5.41) is 5.18. The Labute approximate surface area is 164 Å². The smallest absolute Gasteiger partial charge is 0.325 e. The maximum Gasteiger partial charge on any atom is 0.325 e. The Kier molecular flexibility index (Phi) is 7.98. The van der Waals surface area contributed by atoms with Crippen LogP contribution in [0.3, 0.4) is 0 Å². The molecule has 1 aromatic carbocycles. The summed E-state index contributed by atoms with van der Waals surface area (Å²) in [5.74, 6) is -1.41. The Morgan fingerprint density at radius 1 is 1.21 bits per heavy atom. The second-order valence-corrected chi connectivity index (χ2v) is 6.80. The van der Waals surface area contributed by atoms with E-state index in [1.165, 1.54) is 0 Å². The first-order valence-electron chi connectivity index (χ1n) is 9.54. The molecule has 3 amide bonds. The summed E-state index contributed by atoms with van der Waals surface area (Å²) in [6.07, 6.45) is 3.17. The summed E-state index contributed by atoms with van der Waals surface area (Å²) in [6, 6.07) is 6.64. The Hall–Kier alpha value is -2.90. The number of ether oxygens (including phenoxy) is 1. The van der Waals surface area contributed by atoms with E-state index in [9.17, 15) is 19.2 Å². The third-order valence-corrected chi connectivity index (χ3v) is 4.40. The molecule has 1 aromatic rings. The van der Waals surface area contributed by atoms with Crippen LogP contribution in [0.2, 0.25) is 0 Å². The maximum absolute atomic E-state index is 12.1. The predicted octanol–water partition coefficient (Wildman–Crippen LogP) is 1.39. The lowest BCUT2D eigenvalue weighted by Gasteiger charge is -2.15. The Balaban J connectivity index is 1.73. The number of carbonyl (C=O) groups excluding carboxylic acids is 4. The van der Waals surface area contributed by atoms with Gasteiger partial charge in [-0.3, -0.25) is 19.2 Å². The van der Waals surface area contributed by atoms with Crippen LogP contribution in [0.4, 0.5) is 5.69 Å². The summed E-state index contributed by atoms with van der Waals surface area (Å²) in [4.78, 5) is 48.9. The SMILES string of the molecule is CCC[C@@H](C)NC(=O)COC(=O)CNC(=O)c1ccc(N2CCCC2=O)cc1. The minimum absolute atomic E-state index is 0.0229. The first-order valence-corrected chi connectivity index (χ1v) is 9.54. The highest BCUT2D eigenvalue weighted by Gasteiger charge is 2.21. The summed E-state index contributed by atoms with van der Waals surface area (Å²) < 4.78 is 4.86. The molecule has 1 aliphatic rings. The Morgan fingerprint density at radius 2 is 1.93 bits per heavy atom. The molecule has 1 aliphatic heterocycles. The van der Waals surface area contributed by atoms with Crippen LogP contribution in [-0.4, -0.2) is 49.4 Å². The molecule has 2 rings (SSSR count). The van der Waals surface area contributed by atoms with Crippen LogP contribution in [0.1, 0.15) is 49.9 Å². The number of hydrogen-bond acceptors (Lipinski definition) is 5. The zero-order chi connectivity index (χ0) is 20.5. The van der Waals surface area contributed by atoms with Crippen molar-refractivity contribution in [3.63, 3.8) is 0 Å². The van der Waals surface area contributed by atoms with Crippen molar-refractivity contribution in [2.75, 3.05) is 24.6 Å². The zero-order valence-electron chi connectivity index (χ0n) is 16.3. The lowest BCUT2D eigenvalue weighted by molar-refractivity contribution is -0.147. The van der Waals surface area contributed by atoms with Gasteiger partial charge < -0.3 is 20.3 Å². The molecule has 0 unspecified atom stereocenters. The van der Waals surface area contributed by atoms with Crippen molar-refractivity contribution in [2.24, 2.45) is 0 Å². The largest absolute Gasteiger partial charge is 0.454 e. The van der Waals surface area contributed by atoms with Gasteiger partial charge in [0, 0.05) is 30.3 Å². The molecule has 8 heteroatoms. The van der Waals surface area contributed by atoms with Gasteiger partial charge in [-0.2, -0.15) is 0 Å². The fourth-order valence-corrected chi connectivity index (χ4v) is 2.99. The van der Waals surface area contributed by atoms with E-state index in [4.69, 9.17) is 4.74 Å². The number of hydrogen-bond donors (Lipinski definition) is 2. The molecule has 28 heavy (non-hydrogen) atoms. The minimum Gasteiger partial charge on any atom is -0.454 e. The van der Waals surface area contributed by atoms with E-state index in [0.717, 1.165) is 24.9 Å². The average molecular weight is 389 g/mol. The van der Waals surface area contributed by atoms with Gasteiger partial charge in [0.2, 0.25) is 5.91 Å². The van der Waals surface area contributed by atoms with Gasteiger partial charge in [-0.15, -0.1) is 0 Å². The molecule has 0 aliphatic carbocycles. The van der Waals surface area contributed by atoms with Crippen molar-refractivity contribution >= 4 is 29.4 Å². The van der Waals surface area contributed by atoms with Gasteiger partial charge in [0.15, 0.2) is 6.61 Å². The molecule has 8 nitrogen and oxygen atoms in total. The van der Waals surface area contributed by atoms with Gasteiger partial charge in [-0.1, -0.05) is 13.3 Å². The molecule has 1 atom stereocenters. The van der Waals surface area contributed by atoms with Crippen LogP contribution in [0.25, 0.3) is 0 Å². The molecule has 1 heterocycles. The molecule has 0 aromatic heterocycles. The Morgan fingerprint density at radius 3 is 2.54 bits per heavy atom. The number of carbonyl (C=O) groups is 4. The van der Waals surface area contributed by atoms with Gasteiger partial charge in [0.05, 0.1) is 0 Å². The second kappa shape index (κ2) is 10.4. The molecular weight excluding hydrogens is 362 g/mol. The second-order valence-electron chi connectivity index (χ2n) is 6.80. The van der Waals surface area contributed by atoms with Crippen LogP contribution in [0.15, 0.2) is 24.3 Å². The van der Waals surface area contributed by atoms with E-state index in [2.05, 4.69) is 10.6 Å². The van der Waals surface area contributed by atoms with Crippen molar-refractivity contribution in [2.45, 2.75) is 45.6 Å². The summed E-state index contributed by atoms with van der Waals surface area (Å²) in [7, 11) is 0. The van der Waals surface area contributed by atoms with E-state index >= 15 is 0 Å². The van der Waals surface area contributed by atoms with Crippen LogP contribution in [0.5, 0.6) is 0 Å². The third-order valence-electron chi connectivity index (χ3n) is 4.40. The standard InChI is InChI=1S/C20H27N3O5/c1-3-5-14(2)22-17(24)13-28-19(26)12-21-20(27)15-7-9-16(10-8-15)23-11-4-6-18(23)25/h7-10,14H,3-6,11-13H2,1-2H3,(H,21,27)(H,22,24)/t14-/m1/s1. The number of esters is 1. The van der Waals surface area contributed by atoms with Crippen LogP contribution < -0.4 is 15.5 Å². The minimum atomic E-state index is -0.689. The number of nitrogens with one attached hydrogen (secondary N) is 2. The fourth-order valence-electron chi connectivity index (χ4n) is 2.99. The van der Waals surface area contributed by atoms with Crippen molar-refractivity contribution in [3.8, 4) is 0 Å². The fraction of sp³-hybridized carbons (Fsp3) is 0.500. The molecule has 152 valence electrons. The maximum atomic E-state index is 12.1. The molecule has 2 N–H and O–H groups in total. The predicted molar refractivity (Wildman–Crippen MR) is 104 cm³/mol. The van der Waals surface area contributed by atoms with Gasteiger partial charge in [-0.05, 0) is 44.0 Å². The highest BCUT2D eigenvalue weighted by molar-refractivity contribution is 5.98. The number of rotatable bonds is 9. The molecule has 0 radical (unpaired) electrons. The number of nitrogens with zero attached hydrogens (tertiary/aromatic N) is 1. The van der Waals surface area contributed by atoms with Gasteiger partial charge in [0.1, 0.15) is 6.54 Å². The van der Waals surface area contributed by atoms with Crippen LogP contribution in [-0.2, 0) is 19.1 Å². The van der Waals surface area contributed by atoms with Crippen molar-refractivity contribution < 1.29 is 23.9 Å². The monoisotopic (exact) mass is 389 g/mol.